The fourth-order valence-corrected chi connectivity index (χ4v) is 7.08. The first-order valence-corrected chi connectivity index (χ1v) is 15.6. The van der Waals surface area contributed by atoms with Gasteiger partial charge in [-0.25, -0.2) is 27.2 Å². The van der Waals surface area contributed by atoms with Crippen molar-refractivity contribution in [3.63, 3.8) is 0 Å². The summed E-state index contributed by atoms with van der Waals surface area (Å²) < 4.78 is 49.1. The molecule has 3 unspecified atom stereocenters. The molecule has 13 heteroatoms. The van der Waals surface area contributed by atoms with Crippen LogP contribution in [0.15, 0.2) is 77.7 Å². The number of urea groups is 1. The summed E-state index contributed by atoms with van der Waals surface area (Å²) in [4.78, 5) is 52.2. The van der Waals surface area contributed by atoms with Crippen molar-refractivity contribution in [1.29, 1.82) is 0 Å². The first-order valence-electron chi connectivity index (χ1n) is 14.1. The lowest BCUT2D eigenvalue weighted by atomic mass is 10.0. The van der Waals surface area contributed by atoms with Gasteiger partial charge in [0.15, 0.2) is 9.84 Å². The van der Waals surface area contributed by atoms with Crippen molar-refractivity contribution in [1.82, 2.24) is 10.2 Å². The highest BCUT2D eigenvalue weighted by atomic mass is 32.2. The number of carboxylic acids is 1. The van der Waals surface area contributed by atoms with E-state index in [9.17, 15) is 32.7 Å². The summed E-state index contributed by atoms with van der Waals surface area (Å²) in [6.45, 7) is 5.94. The molecule has 1 aliphatic rings. The molecule has 0 aromatic heterocycles. The minimum Gasteiger partial charge on any atom is -0.478 e. The predicted molar refractivity (Wildman–Crippen MR) is 163 cm³/mol. The number of hydrogen-bond donors (Lipinski definition) is 3. The van der Waals surface area contributed by atoms with Crippen molar-refractivity contribution in [2.45, 2.75) is 61.9 Å². The van der Waals surface area contributed by atoms with Crippen LogP contribution >= 0.6 is 0 Å². The Bertz CT molecular complexity index is 1720. The summed E-state index contributed by atoms with van der Waals surface area (Å²) in [7, 11) is -4.25. The molecule has 4 rings (SSSR count). The van der Waals surface area contributed by atoms with Crippen LogP contribution in [0.1, 0.15) is 54.7 Å². The second-order valence-electron chi connectivity index (χ2n) is 11.6. The number of anilines is 1. The van der Waals surface area contributed by atoms with Crippen LogP contribution < -0.4 is 10.6 Å². The van der Waals surface area contributed by atoms with Crippen LogP contribution in [0.2, 0.25) is 0 Å². The summed E-state index contributed by atoms with van der Waals surface area (Å²) in [5.74, 6) is -3.73. The lowest BCUT2D eigenvalue weighted by molar-refractivity contribution is -0.164. The van der Waals surface area contributed by atoms with Gasteiger partial charge in [0.2, 0.25) is 5.91 Å². The molecule has 1 fully saturated rings. The zero-order chi connectivity index (χ0) is 33.1. The van der Waals surface area contributed by atoms with E-state index in [0.29, 0.717) is 0 Å². The molecule has 3 aromatic carbocycles. The number of carbonyl (C=O) groups is 4. The highest BCUT2D eigenvalue weighted by Gasteiger charge is 2.54. The fourth-order valence-electron chi connectivity index (χ4n) is 5.16. The van der Waals surface area contributed by atoms with E-state index < -0.39 is 69.0 Å². The fraction of sp³-hybridized carbons (Fsp3) is 0.312. The normalized spacial score (nSPS) is 18.2. The number of nitrogens with one attached hydrogen (secondary N) is 2. The number of sulfone groups is 1. The maximum atomic E-state index is 15.4. The molecule has 0 radical (unpaired) electrons. The van der Waals surface area contributed by atoms with E-state index in [0.717, 1.165) is 16.5 Å². The standard InChI is InChI=1S/C32H34FN3O8S/c1-19-12-14-22(15-13-19)45(42,43)26-17-25(30(40)44-32(2,3)4)36(28(26)23-10-5-6-11-24(23)33)27(37)18-34-31(41)35-21-9-7-8-20(16-21)29(38)39/h5-16,25-26,28H,17-18H2,1-4H3,(H,38,39)(H2,34,35,41). The average molecular weight is 640 g/mol. The first-order chi connectivity index (χ1) is 21.1. The number of aromatic carboxylic acids is 1. The van der Waals surface area contributed by atoms with E-state index in [2.05, 4.69) is 10.6 Å². The minimum atomic E-state index is -4.25. The number of rotatable bonds is 8. The third-order valence-corrected chi connectivity index (χ3v) is 9.33. The predicted octanol–water partition coefficient (Wildman–Crippen LogP) is 4.48. The molecule has 0 saturated carbocycles. The molecular weight excluding hydrogens is 605 g/mol. The van der Waals surface area contributed by atoms with Crippen molar-refractivity contribution >= 4 is 39.4 Å². The molecule has 0 spiro atoms. The Labute approximate surface area is 260 Å². The lowest BCUT2D eigenvalue weighted by Crippen LogP contribution is -2.49. The maximum absolute atomic E-state index is 15.4. The zero-order valence-electron chi connectivity index (χ0n) is 25.1. The Morgan fingerprint density at radius 2 is 1.67 bits per heavy atom. The quantitative estimate of drug-likeness (QED) is 0.304. The average Bonchev–Trinajstić information content (AvgIpc) is 3.37. The van der Waals surface area contributed by atoms with Crippen molar-refractivity contribution in [3.8, 4) is 0 Å². The smallest absolute Gasteiger partial charge is 0.335 e. The van der Waals surface area contributed by atoms with Crippen molar-refractivity contribution in [2.24, 2.45) is 0 Å². The number of esters is 1. The minimum absolute atomic E-state index is 0.0576. The summed E-state index contributed by atoms with van der Waals surface area (Å²) in [6.07, 6.45) is -0.385. The lowest BCUT2D eigenvalue weighted by Gasteiger charge is -2.32. The van der Waals surface area contributed by atoms with E-state index in [4.69, 9.17) is 4.74 Å². The number of nitrogens with zero attached hydrogens (tertiary/aromatic N) is 1. The van der Waals surface area contributed by atoms with Crippen molar-refractivity contribution in [3.05, 3.63) is 95.3 Å². The Kier molecular flexibility index (Phi) is 9.62. The molecule has 0 aliphatic carbocycles. The zero-order valence-corrected chi connectivity index (χ0v) is 25.9. The van der Waals surface area contributed by atoms with Crippen LogP contribution in [0.3, 0.4) is 0 Å². The second-order valence-corrected chi connectivity index (χ2v) is 13.8. The Balaban J connectivity index is 1.71. The van der Waals surface area contributed by atoms with Crippen LogP contribution in [0.4, 0.5) is 14.9 Å². The number of carbonyl (C=O) groups excluding carboxylic acids is 3. The number of hydrogen-bond acceptors (Lipinski definition) is 7. The Hall–Kier alpha value is -4.78. The Morgan fingerprint density at radius 1 is 1.00 bits per heavy atom. The number of benzene rings is 3. The summed E-state index contributed by atoms with van der Waals surface area (Å²) in [5, 5.41) is 12.5. The third kappa shape index (κ3) is 7.66. The molecule has 1 saturated heterocycles. The van der Waals surface area contributed by atoms with Gasteiger partial charge in [0.1, 0.15) is 17.5 Å². The van der Waals surface area contributed by atoms with E-state index in [1.165, 1.54) is 54.6 Å². The molecule has 45 heavy (non-hydrogen) atoms. The maximum Gasteiger partial charge on any atom is 0.335 e. The number of aryl methyl sites for hydroxylation is 1. The van der Waals surface area contributed by atoms with Gasteiger partial charge in [-0.1, -0.05) is 42.0 Å². The van der Waals surface area contributed by atoms with E-state index in [1.807, 2.05) is 0 Å². The van der Waals surface area contributed by atoms with Crippen LogP contribution in [0.5, 0.6) is 0 Å². The van der Waals surface area contributed by atoms with Gasteiger partial charge in [0, 0.05) is 11.3 Å². The molecule has 3 atom stereocenters. The van der Waals surface area contributed by atoms with Crippen LogP contribution in [0, 0.1) is 12.7 Å². The third-order valence-electron chi connectivity index (χ3n) is 7.15. The van der Waals surface area contributed by atoms with E-state index in [1.54, 1.807) is 39.8 Å². The highest BCUT2D eigenvalue weighted by Crippen LogP contribution is 2.44. The highest BCUT2D eigenvalue weighted by molar-refractivity contribution is 7.92. The number of halogens is 1. The van der Waals surface area contributed by atoms with Crippen molar-refractivity contribution < 1.29 is 41.8 Å². The topological polar surface area (TPSA) is 159 Å². The van der Waals surface area contributed by atoms with Gasteiger partial charge < -0.3 is 25.4 Å². The molecular formula is C32H34FN3O8S. The monoisotopic (exact) mass is 639 g/mol. The molecule has 3 amide bonds. The van der Waals surface area contributed by atoms with Gasteiger partial charge in [-0.15, -0.1) is 0 Å². The SMILES string of the molecule is Cc1ccc(S(=O)(=O)C2CC(C(=O)OC(C)(C)C)N(C(=O)CNC(=O)Nc3cccc(C(=O)O)c3)C2c2ccccc2F)cc1. The van der Waals surface area contributed by atoms with Crippen molar-refractivity contribution in [2.75, 3.05) is 11.9 Å². The number of ether oxygens (including phenoxy) is 1. The second kappa shape index (κ2) is 13.1. The van der Waals surface area contributed by atoms with Gasteiger partial charge in [0.25, 0.3) is 0 Å². The molecule has 3 aromatic rings. The molecule has 0 bridgehead atoms. The summed E-state index contributed by atoms with van der Waals surface area (Å²) in [5.41, 5.74) is -0.229. The number of likely N-dealkylation sites (tertiary alicyclic amines) is 1. The van der Waals surface area contributed by atoms with Gasteiger partial charge in [0.05, 0.1) is 28.3 Å². The van der Waals surface area contributed by atoms with Gasteiger partial charge in [-0.2, -0.15) is 0 Å². The number of carboxylic acid groups (broad SMARTS) is 1. The van der Waals surface area contributed by atoms with E-state index >= 15 is 4.39 Å². The van der Waals surface area contributed by atoms with Crippen LogP contribution in [-0.2, 0) is 24.2 Å². The van der Waals surface area contributed by atoms with Gasteiger partial charge in [-0.3, -0.25) is 4.79 Å². The molecule has 1 heterocycles. The first kappa shape index (κ1) is 33.1. The summed E-state index contributed by atoms with van der Waals surface area (Å²) in [6, 6.07) is 13.1. The van der Waals surface area contributed by atoms with Gasteiger partial charge in [-0.05, 0) is 70.5 Å². The molecule has 11 nitrogen and oxygen atoms in total. The molecule has 238 valence electrons. The van der Waals surface area contributed by atoms with Crippen LogP contribution in [0.25, 0.3) is 0 Å². The molecule has 1 aliphatic heterocycles. The van der Waals surface area contributed by atoms with E-state index in [-0.39, 0.29) is 28.1 Å². The molecule has 3 N–H and O–H groups in total. The summed E-state index contributed by atoms with van der Waals surface area (Å²) >= 11 is 0. The van der Waals surface area contributed by atoms with Gasteiger partial charge >= 0.3 is 18.0 Å². The number of amides is 3. The van der Waals surface area contributed by atoms with Crippen LogP contribution in [-0.4, -0.2) is 65.7 Å². The Morgan fingerprint density at radius 3 is 2.29 bits per heavy atom. The largest absolute Gasteiger partial charge is 0.478 e.